The van der Waals surface area contributed by atoms with Gasteiger partial charge >= 0.3 is 6.03 Å². The van der Waals surface area contributed by atoms with Crippen LogP contribution in [0.4, 0.5) is 16.2 Å². The summed E-state index contributed by atoms with van der Waals surface area (Å²) >= 11 is 0. The molecule has 2 aliphatic heterocycles. The molecular weight excluding hydrogens is 444 g/mol. The van der Waals surface area contributed by atoms with E-state index in [0.29, 0.717) is 11.3 Å². The standard InChI is InChI=1S/C23H24N4O7/c1-33-19(34-2)13-25-14-23(11-16-10-17(27(31)32)8-9-18(16)25)20(28)24-22(30)26(21(23)29)12-15-6-4-3-5-7-15/h3-10,19H,11-14H2,1-2H3,(H,24,28,30)/t23-/m1/s1. The summed E-state index contributed by atoms with van der Waals surface area (Å²) < 4.78 is 10.6. The summed E-state index contributed by atoms with van der Waals surface area (Å²) in [5.74, 6) is -1.39. The number of imide groups is 2. The third kappa shape index (κ3) is 4.11. The first-order valence-electron chi connectivity index (χ1n) is 10.6. The lowest BCUT2D eigenvalue weighted by molar-refractivity contribution is -0.384. The molecule has 0 bridgehead atoms. The largest absolute Gasteiger partial charge is 0.365 e. The van der Waals surface area contributed by atoms with Crippen molar-refractivity contribution >= 4 is 29.2 Å². The normalized spacial score (nSPS) is 20.0. The van der Waals surface area contributed by atoms with E-state index >= 15 is 0 Å². The van der Waals surface area contributed by atoms with Crippen LogP contribution in [-0.4, -0.2) is 61.3 Å². The molecule has 4 amide bonds. The molecular formula is C23H24N4O7. The van der Waals surface area contributed by atoms with Crippen molar-refractivity contribution in [1.82, 2.24) is 10.2 Å². The minimum absolute atomic E-state index is 0.0128. The lowest BCUT2D eigenvalue weighted by Gasteiger charge is -2.46. The molecule has 1 atom stereocenters. The third-order valence-corrected chi connectivity index (χ3v) is 6.20. The van der Waals surface area contributed by atoms with E-state index in [1.54, 1.807) is 35.2 Å². The molecule has 11 nitrogen and oxygen atoms in total. The number of anilines is 1. The van der Waals surface area contributed by atoms with Crippen molar-refractivity contribution in [1.29, 1.82) is 0 Å². The van der Waals surface area contributed by atoms with Gasteiger partial charge in [0.15, 0.2) is 6.29 Å². The summed E-state index contributed by atoms with van der Waals surface area (Å²) in [5, 5.41) is 13.7. The summed E-state index contributed by atoms with van der Waals surface area (Å²) in [7, 11) is 2.92. The van der Waals surface area contributed by atoms with Crippen LogP contribution in [0.3, 0.4) is 0 Å². The van der Waals surface area contributed by atoms with Crippen LogP contribution >= 0.6 is 0 Å². The molecule has 2 heterocycles. The number of urea groups is 1. The van der Waals surface area contributed by atoms with Gasteiger partial charge in [-0.2, -0.15) is 0 Å². The van der Waals surface area contributed by atoms with Crippen LogP contribution < -0.4 is 10.2 Å². The maximum atomic E-state index is 13.7. The molecule has 1 fully saturated rings. The summed E-state index contributed by atoms with van der Waals surface area (Å²) in [5.41, 5.74) is -0.0206. The Kier molecular flexibility index (Phi) is 6.31. The van der Waals surface area contributed by atoms with Crippen molar-refractivity contribution in [3.63, 3.8) is 0 Å². The zero-order valence-electron chi connectivity index (χ0n) is 18.7. The molecule has 11 heteroatoms. The second-order valence-corrected chi connectivity index (χ2v) is 8.25. The number of nitrogens with zero attached hydrogens (tertiary/aromatic N) is 3. The average Bonchev–Trinajstić information content (AvgIpc) is 2.84. The topological polar surface area (TPSA) is 131 Å². The zero-order valence-corrected chi connectivity index (χ0v) is 18.7. The van der Waals surface area contributed by atoms with E-state index in [1.807, 2.05) is 6.07 Å². The van der Waals surface area contributed by atoms with E-state index in [0.717, 1.165) is 10.5 Å². The van der Waals surface area contributed by atoms with Crippen molar-refractivity contribution in [3.05, 3.63) is 69.8 Å². The monoisotopic (exact) mass is 468 g/mol. The molecule has 0 aromatic heterocycles. The molecule has 0 radical (unpaired) electrons. The number of fused-ring (bicyclic) bond motifs is 1. The average molecular weight is 468 g/mol. The van der Waals surface area contributed by atoms with Crippen LogP contribution in [0.5, 0.6) is 0 Å². The van der Waals surface area contributed by atoms with Gasteiger partial charge in [0.2, 0.25) is 11.8 Å². The van der Waals surface area contributed by atoms with Gasteiger partial charge < -0.3 is 14.4 Å². The predicted molar refractivity (Wildman–Crippen MR) is 120 cm³/mol. The fourth-order valence-electron chi connectivity index (χ4n) is 4.45. The van der Waals surface area contributed by atoms with Crippen molar-refractivity contribution < 1.29 is 28.8 Å². The quantitative estimate of drug-likeness (QED) is 0.282. The minimum Gasteiger partial charge on any atom is -0.365 e. The number of nitrogens with one attached hydrogen (secondary N) is 1. The van der Waals surface area contributed by atoms with E-state index in [4.69, 9.17) is 9.47 Å². The number of nitro benzene ring substituents is 1. The molecule has 0 unspecified atom stereocenters. The van der Waals surface area contributed by atoms with Crippen molar-refractivity contribution in [2.45, 2.75) is 19.3 Å². The van der Waals surface area contributed by atoms with Crippen LogP contribution in [0.25, 0.3) is 0 Å². The summed E-state index contributed by atoms with van der Waals surface area (Å²) in [6.07, 6.45) is -0.768. The van der Waals surface area contributed by atoms with Crippen LogP contribution in [-0.2, 0) is 32.0 Å². The molecule has 34 heavy (non-hydrogen) atoms. The molecule has 2 aromatic carbocycles. The highest BCUT2D eigenvalue weighted by Gasteiger charge is 2.57. The molecule has 0 saturated carbocycles. The summed E-state index contributed by atoms with van der Waals surface area (Å²) in [6, 6.07) is 12.5. The molecule has 2 aromatic rings. The van der Waals surface area contributed by atoms with E-state index in [1.165, 1.54) is 26.4 Å². The fourth-order valence-corrected chi connectivity index (χ4v) is 4.45. The number of hydrogen-bond donors (Lipinski definition) is 1. The molecule has 4 rings (SSSR count). The van der Waals surface area contributed by atoms with Gasteiger partial charge in [0, 0.05) is 38.6 Å². The zero-order chi connectivity index (χ0) is 24.5. The van der Waals surface area contributed by atoms with E-state index in [-0.39, 0.29) is 31.7 Å². The Morgan fingerprint density at radius 1 is 1.12 bits per heavy atom. The van der Waals surface area contributed by atoms with E-state index < -0.39 is 34.5 Å². The lowest BCUT2D eigenvalue weighted by Crippen LogP contribution is -2.68. The highest BCUT2D eigenvalue weighted by molar-refractivity contribution is 6.20. The van der Waals surface area contributed by atoms with Gasteiger partial charge in [-0.25, -0.2) is 4.79 Å². The van der Waals surface area contributed by atoms with Crippen LogP contribution in [0.2, 0.25) is 0 Å². The number of non-ortho nitro benzene ring substituents is 1. The van der Waals surface area contributed by atoms with Gasteiger partial charge in [-0.05, 0) is 23.6 Å². The first-order valence-corrected chi connectivity index (χ1v) is 10.6. The Bertz CT molecular complexity index is 1140. The maximum Gasteiger partial charge on any atom is 0.331 e. The van der Waals surface area contributed by atoms with Crippen molar-refractivity contribution in [2.24, 2.45) is 5.41 Å². The number of methoxy groups -OCH3 is 2. The van der Waals surface area contributed by atoms with Crippen LogP contribution in [0.1, 0.15) is 11.1 Å². The van der Waals surface area contributed by atoms with Crippen molar-refractivity contribution in [2.75, 3.05) is 32.2 Å². The molecule has 1 saturated heterocycles. The van der Waals surface area contributed by atoms with Crippen LogP contribution in [0.15, 0.2) is 48.5 Å². The Morgan fingerprint density at radius 3 is 2.47 bits per heavy atom. The third-order valence-electron chi connectivity index (χ3n) is 6.20. The second kappa shape index (κ2) is 9.20. The van der Waals surface area contributed by atoms with Gasteiger partial charge in [0.05, 0.1) is 18.0 Å². The molecule has 1 spiro atoms. The van der Waals surface area contributed by atoms with Gasteiger partial charge in [-0.1, -0.05) is 30.3 Å². The number of hydrogen-bond acceptors (Lipinski definition) is 8. The summed E-state index contributed by atoms with van der Waals surface area (Å²) in [4.78, 5) is 53.1. The number of rotatable bonds is 7. The Hall–Kier alpha value is -3.83. The second-order valence-electron chi connectivity index (χ2n) is 8.25. The minimum atomic E-state index is -1.66. The van der Waals surface area contributed by atoms with Gasteiger partial charge in [-0.3, -0.25) is 29.9 Å². The number of carbonyl (C=O) groups excluding carboxylic acids is 3. The number of barbiturate groups is 1. The molecule has 1 N–H and O–H groups in total. The lowest BCUT2D eigenvalue weighted by atomic mass is 9.74. The Labute approximate surface area is 195 Å². The Morgan fingerprint density at radius 2 is 1.82 bits per heavy atom. The highest BCUT2D eigenvalue weighted by atomic mass is 16.7. The number of benzene rings is 2. The predicted octanol–water partition coefficient (Wildman–Crippen LogP) is 1.84. The van der Waals surface area contributed by atoms with Gasteiger partial charge in [0.1, 0.15) is 5.41 Å². The number of carbonyl (C=O) groups is 3. The molecule has 2 aliphatic rings. The smallest absolute Gasteiger partial charge is 0.331 e. The number of ether oxygens (including phenoxy) is 2. The first-order chi connectivity index (χ1) is 16.3. The van der Waals surface area contributed by atoms with E-state index in [9.17, 15) is 24.5 Å². The van der Waals surface area contributed by atoms with Crippen LogP contribution in [0, 0.1) is 15.5 Å². The van der Waals surface area contributed by atoms with Gasteiger partial charge in [0.25, 0.3) is 5.69 Å². The number of nitro groups is 1. The number of amides is 4. The Balaban J connectivity index is 1.76. The molecule has 178 valence electrons. The highest BCUT2D eigenvalue weighted by Crippen LogP contribution is 2.41. The fraction of sp³-hybridized carbons (Fsp3) is 0.348. The van der Waals surface area contributed by atoms with E-state index in [2.05, 4.69) is 5.32 Å². The van der Waals surface area contributed by atoms with Crippen molar-refractivity contribution in [3.8, 4) is 0 Å². The SMILES string of the molecule is COC(CN1C[C@]2(Cc3cc([N+](=O)[O-])ccc31)C(=O)NC(=O)N(Cc1ccccc1)C2=O)OC. The summed E-state index contributed by atoms with van der Waals surface area (Å²) in [6.45, 7) is 0.0954. The maximum absolute atomic E-state index is 13.7. The van der Waals surface area contributed by atoms with Gasteiger partial charge in [-0.15, -0.1) is 0 Å². The first kappa shape index (κ1) is 23.3. The molecule has 0 aliphatic carbocycles.